The van der Waals surface area contributed by atoms with Crippen LogP contribution in [0.1, 0.15) is 5.56 Å². The molecule has 19 heavy (non-hydrogen) atoms. The first-order valence-corrected chi connectivity index (χ1v) is 7.39. The highest BCUT2D eigenvalue weighted by atomic mass is 35.5. The van der Waals surface area contributed by atoms with E-state index >= 15 is 0 Å². The van der Waals surface area contributed by atoms with Gasteiger partial charge in [0.15, 0.2) is 0 Å². The summed E-state index contributed by atoms with van der Waals surface area (Å²) in [5, 5.41) is 0.721. The van der Waals surface area contributed by atoms with E-state index in [1.807, 2.05) is 43.3 Å². The molecule has 4 heteroatoms. The van der Waals surface area contributed by atoms with E-state index in [2.05, 4.69) is 6.07 Å². The van der Waals surface area contributed by atoms with Crippen molar-refractivity contribution in [3.05, 3.63) is 53.1 Å². The van der Waals surface area contributed by atoms with E-state index in [4.69, 9.17) is 22.1 Å². The Labute approximate surface area is 122 Å². The maximum Gasteiger partial charge on any atom is 0.119 e. The standard InChI is InChI=1S/C15H16ClNOS/c1-11-10-14(6-7-15(11)17)19-9-8-18-13-4-2-12(16)3-5-13/h2-7,10H,8-9,17H2,1H3. The molecule has 2 rings (SSSR count). The predicted molar refractivity (Wildman–Crippen MR) is 83.3 cm³/mol. The first-order valence-electron chi connectivity index (χ1n) is 6.02. The van der Waals surface area contributed by atoms with Gasteiger partial charge in [-0.05, 0) is 55.0 Å². The van der Waals surface area contributed by atoms with E-state index < -0.39 is 0 Å². The van der Waals surface area contributed by atoms with Crippen LogP contribution in [-0.4, -0.2) is 12.4 Å². The van der Waals surface area contributed by atoms with Crippen LogP contribution in [0.4, 0.5) is 5.69 Å². The third-order valence-corrected chi connectivity index (χ3v) is 3.89. The number of anilines is 1. The van der Waals surface area contributed by atoms with Crippen LogP contribution in [0.15, 0.2) is 47.4 Å². The van der Waals surface area contributed by atoms with Gasteiger partial charge < -0.3 is 10.5 Å². The van der Waals surface area contributed by atoms with Crippen molar-refractivity contribution in [2.24, 2.45) is 0 Å². The lowest BCUT2D eigenvalue weighted by molar-refractivity contribution is 0.344. The predicted octanol–water partition coefficient (Wildman–Crippen LogP) is 4.40. The Bertz CT molecular complexity index is 542. The number of nitrogens with two attached hydrogens (primary N) is 1. The number of hydrogen-bond donors (Lipinski definition) is 1. The minimum atomic E-state index is 0.662. The fourth-order valence-electron chi connectivity index (χ4n) is 1.59. The Balaban J connectivity index is 1.77. The molecule has 2 aromatic rings. The number of nitrogen functional groups attached to an aromatic ring is 1. The fourth-order valence-corrected chi connectivity index (χ4v) is 2.54. The first-order chi connectivity index (χ1) is 9.15. The van der Waals surface area contributed by atoms with Gasteiger partial charge in [-0.3, -0.25) is 0 Å². The highest BCUT2D eigenvalue weighted by molar-refractivity contribution is 7.99. The van der Waals surface area contributed by atoms with Crippen LogP contribution in [0.3, 0.4) is 0 Å². The van der Waals surface area contributed by atoms with Gasteiger partial charge >= 0.3 is 0 Å². The van der Waals surface area contributed by atoms with Gasteiger partial charge in [-0.2, -0.15) is 0 Å². The van der Waals surface area contributed by atoms with Gasteiger partial charge in [0.25, 0.3) is 0 Å². The zero-order valence-corrected chi connectivity index (χ0v) is 12.3. The van der Waals surface area contributed by atoms with Crippen molar-refractivity contribution in [2.45, 2.75) is 11.8 Å². The summed E-state index contributed by atoms with van der Waals surface area (Å²) >= 11 is 7.57. The molecule has 0 saturated carbocycles. The quantitative estimate of drug-likeness (QED) is 0.504. The second-order valence-corrected chi connectivity index (χ2v) is 5.77. The van der Waals surface area contributed by atoms with Gasteiger partial charge in [-0.25, -0.2) is 0 Å². The molecule has 100 valence electrons. The number of rotatable bonds is 5. The lowest BCUT2D eigenvalue weighted by Crippen LogP contribution is -2.00. The number of hydrogen-bond acceptors (Lipinski definition) is 3. The Hall–Kier alpha value is -1.32. The molecule has 2 N–H and O–H groups in total. The van der Waals surface area contributed by atoms with Gasteiger partial charge in [-0.15, -0.1) is 11.8 Å². The third-order valence-electron chi connectivity index (χ3n) is 2.68. The lowest BCUT2D eigenvalue weighted by Gasteiger charge is -2.07. The van der Waals surface area contributed by atoms with Crippen molar-refractivity contribution in [3.8, 4) is 5.75 Å². The molecule has 0 aromatic heterocycles. The maximum atomic E-state index is 5.81. The number of thioether (sulfide) groups is 1. The second-order valence-electron chi connectivity index (χ2n) is 4.17. The number of aryl methyl sites for hydroxylation is 1. The van der Waals surface area contributed by atoms with E-state index in [0.717, 1.165) is 27.8 Å². The first kappa shape index (κ1) is 14.1. The molecule has 0 amide bonds. The van der Waals surface area contributed by atoms with Gasteiger partial charge in [0.1, 0.15) is 5.75 Å². The van der Waals surface area contributed by atoms with Crippen molar-refractivity contribution in [2.75, 3.05) is 18.1 Å². The number of halogens is 1. The Morgan fingerprint density at radius 3 is 2.58 bits per heavy atom. The topological polar surface area (TPSA) is 35.2 Å². The Morgan fingerprint density at radius 2 is 1.89 bits per heavy atom. The Kier molecular flexibility index (Phi) is 5.00. The normalized spacial score (nSPS) is 10.4. The smallest absolute Gasteiger partial charge is 0.119 e. The lowest BCUT2D eigenvalue weighted by atomic mass is 10.2. The van der Waals surface area contributed by atoms with Crippen molar-refractivity contribution >= 4 is 29.1 Å². The average Bonchev–Trinajstić information content (AvgIpc) is 2.41. The molecule has 2 nitrogen and oxygen atoms in total. The molecule has 0 bridgehead atoms. The minimum Gasteiger partial charge on any atom is -0.493 e. The van der Waals surface area contributed by atoms with Crippen LogP contribution in [0, 0.1) is 6.92 Å². The minimum absolute atomic E-state index is 0.662. The van der Waals surface area contributed by atoms with Crippen LogP contribution >= 0.6 is 23.4 Å². The summed E-state index contributed by atoms with van der Waals surface area (Å²) in [7, 11) is 0. The van der Waals surface area contributed by atoms with Crippen LogP contribution < -0.4 is 10.5 Å². The SMILES string of the molecule is Cc1cc(SCCOc2ccc(Cl)cc2)ccc1N. The summed E-state index contributed by atoms with van der Waals surface area (Å²) in [5.41, 5.74) is 7.74. The number of benzene rings is 2. The summed E-state index contributed by atoms with van der Waals surface area (Å²) in [4.78, 5) is 1.21. The van der Waals surface area contributed by atoms with Crippen LogP contribution in [-0.2, 0) is 0 Å². The van der Waals surface area contributed by atoms with E-state index in [1.165, 1.54) is 4.90 Å². The summed E-state index contributed by atoms with van der Waals surface area (Å²) in [6, 6.07) is 13.5. The van der Waals surface area contributed by atoms with Gasteiger partial charge in [0.05, 0.1) is 6.61 Å². The molecule has 0 aliphatic rings. The van der Waals surface area contributed by atoms with Crippen molar-refractivity contribution in [1.29, 1.82) is 0 Å². The third kappa shape index (κ3) is 4.37. The van der Waals surface area contributed by atoms with Crippen molar-refractivity contribution in [1.82, 2.24) is 0 Å². The molecule has 0 radical (unpaired) electrons. The number of ether oxygens (including phenoxy) is 1. The maximum absolute atomic E-state index is 5.81. The molecule has 0 spiro atoms. The van der Waals surface area contributed by atoms with E-state index in [-0.39, 0.29) is 0 Å². The second kappa shape index (κ2) is 6.73. The molecular formula is C15H16ClNOS. The molecular weight excluding hydrogens is 278 g/mol. The average molecular weight is 294 g/mol. The van der Waals surface area contributed by atoms with Crippen LogP contribution in [0.2, 0.25) is 5.02 Å². The molecule has 0 aliphatic heterocycles. The fraction of sp³-hybridized carbons (Fsp3) is 0.200. The zero-order chi connectivity index (χ0) is 13.7. The van der Waals surface area contributed by atoms with E-state index in [1.54, 1.807) is 11.8 Å². The molecule has 0 atom stereocenters. The van der Waals surface area contributed by atoms with Gasteiger partial charge in [0.2, 0.25) is 0 Å². The molecule has 2 aromatic carbocycles. The van der Waals surface area contributed by atoms with Crippen LogP contribution in [0.5, 0.6) is 5.75 Å². The zero-order valence-electron chi connectivity index (χ0n) is 10.7. The van der Waals surface area contributed by atoms with Crippen LogP contribution in [0.25, 0.3) is 0 Å². The summed E-state index contributed by atoms with van der Waals surface area (Å²) in [6.07, 6.45) is 0. The largest absolute Gasteiger partial charge is 0.493 e. The Morgan fingerprint density at radius 1 is 1.16 bits per heavy atom. The summed E-state index contributed by atoms with van der Waals surface area (Å²) < 4.78 is 5.63. The molecule has 0 aliphatic carbocycles. The monoisotopic (exact) mass is 293 g/mol. The van der Waals surface area contributed by atoms with Gasteiger partial charge in [-0.1, -0.05) is 11.6 Å². The summed E-state index contributed by atoms with van der Waals surface area (Å²) in [5.74, 6) is 1.74. The van der Waals surface area contributed by atoms with Crippen molar-refractivity contribution in [3.63, 3.8) is 0 Å². The van der Waals surface area contributed by atoms with Crippen molar-refractivity contribution < 1.29 is 4.74 Å². The highest BCUT2D eigenvalue weighted by Crippen LogP contribution is 2.22. The molecule has 0 heterocycles. The molecule has 0 unspecified atom stereocenters. The highest BCUT2D eigenvalue weighted by Gasteiger charge is 1.99. The summed E-state index contributed by atoms with van der Waals surface area (Å²) in [6.45, 7) is 2.68. The van der Waals surface area contributed by atoms with E-state index in [0.29, 0.717) is 6.61 Å². The molecule has 0 saturated heterocycles. The van der Waals surface area contributed by atoms with Gasteiger partial charge in [0, 0.05) is 21.4 Å². The molecule has 0 fully saturated rings. The van der Waals surface area contributed by atoms with E-state index in [9.17, 15) is 0 Å².